The standard InChI is InChI=1S/3C12H7N2S.Co/c3*1-2-6-11-10(5-1)14-12(15-11)9-4-3-7-13-8-9;/h3*1-7H;. The molecule has 46 heavy (non-hydrogen) atoms. The Morgan fingerprint density at radius 1 is 0.370 bits per heavy atom. The van der Waals surface area contributed by atoms with Crippen molar-refractivity contribution >= 4 is 78.5 Å². The summed E-state index contributed by atoms with van der Waals surface area (Å²) in [6, 6.07) is 37.1. The average Bonchev–Trinajstić information content (AvgIpc) is 3.86. The van der Waals surface area contributed by atoms with Crippen molar-refractivity contribution < 1.29 is 13.7 Å². The molecule has 0 fully saturated rings. The van der Waals surface area contributed by atoms with E-state index >= 15 is 0 Å². The summed E-state index contributed by atoms with van der Waals surface area (Å²) in [7, 11) is 0. The Morgan fingerprint density at radius 2 is 0.696 bits per heavy atom. The van der Waals surface area contributed by atoms with Gasteiger partial charge in [-0.3, -0.25) is 0 Å². The first-order valence-corrected chi connectivity index (χ1v) is 18.4. The molecule has 6 nitrogen and oxygen atoms in total. The molecule has 0 saturated carbocycles. The predicted molar refractivity (Wildman–Crippen MR) is 187 cm³/mol. The van der Waals surface area contributed by atoms with Crippen LogP contribution in [0, 0.1) is 0 Å². The summed E-state index contributed by atoms with van der Waals surface area (Å²) in [5.74, 6) is 0. The monoisotopic (exact) mass is 692 g/mol. The Balaban J connectivity index is 1.32. The molecule has 0 spiro atoms. The molecule has 6 heterocycles. The van der Waals surface area contributed by atoms with E-state index in [1.807, 2.05) is 55.0 Å². The number of rotatable bonds is 6. The van der Waals surface area contributed by atoms with Gasteiger partial charge in [-0.15, -0.1) is 0 Å². The third-order valence-electron chi connectivity index (χ3n) is 7.27. The van der Waals surface area contributed by atoms with Crippen molar-refractivity contribution in [3.63, 3.8) is 0 Å². The van der Waals surface area contributed by atoms with Crippen molar-refractivity contribution in [3.8, 4) is 31.7 Å². The van der Waals surface area contributed by atoms with E-state index in [1.165, 1.54) is 0 Å². The Hall–Kier alpha value is -4.71. The van der Waals surface area contributed by atoms with Crippen molar-refractivity contribution in [2.24, 2.45) is 0 Å². The van der Waals surface area contributed by atoms with E-state index in [2.05, 4.69) is 72.8 Å². The molecule has 0 aliphatic rings. The number of pyridine rings is 3. The van der Waals surface area contributed by atoms with E-state index in [9.17, 15) is 0 Å². The fraction of sp³-hybridized carbons (Fsp3) is 0. The van der Waals surface area contributed by atoms with Gasteiger partial charge in [0.05, 0.1) is 0 Å². The molecule has 0 bridgehead atoms. The van der Waals surface area contributed by atoms with Gasteiger partial charge in [0.15, 0.2) is 0 Å². The van der Waals surface area contributed by atoms with Gasteiger partial charge >= 0.3 is 282 Å². The van der Waals surface area contributed by atoms with Gasteiger partial charge in [0, 0.05) is 0 Å². The van der Waals surface area contributed by atoms with Crippen LogP contribution in [-0.4, -0.2) is 29.9 Å². The fourth-order valence-electron chi connectivity index (χ4n) is 5.19. The van der Waals surface area contributed by atoms with Gasteiger partial charge in [-0.25, -0.2) is 0 Å². The van der Waals surface area contributed by atoms with Gasteiger partial charge in [-0.05, 0) is 0 Å². The normalized spacial score (nSPS) is 11.9. The third kappa shape index (κ3) is 4.82. The van der Waals surface area contributed by atoms with Crippen LogP contribution in [-0.2, 0) is 13.7 Å². The second kappa shape index (κ2) is 11.6. The molecule has 0 atom stereocenters. The van der Waals surface area contributed by atoms with Crippen molar-refractivity contribution in [2.45, 2.75) is 0 Å². The molecule has 222 valence electrons. The van der Waals surface area contributed by atoms with Gasteiger partial charge in [0.1, 0.15) is 0 Å². The maximum atomic E-state index is 5.11. The van der Waals surface area contributed by atoms with E-state index in [0.717, 1.165) is 76.2 Å². The van der Waals surface area contributed by atoms with Crippen LogP contribution >= 0.6 is 34.0 Å². The van der Waals surface area contributed by atoms with Crippen LogP contribution in [0.1, 0.15) is 0 Å². The molecule has 0 amide bonds. The molecule has 0 saturated heterocycles. The predicted octanol–water partition coefficient (Wildman–Crippen LogP) is 7.60. The molecule has 0 N–H and O–H groups in total. The van der Waals surface area contributed by atoms with Crippen LogP contribution in [0.15, 0.2) is 128 Å². The molecule has 0 radical (unpaired) electrons. The molecule has 10 heteroatoms. The summed E-state index contributed by atoms with van der Waals surface area (Å²) in [6.45, 7) is 0. The van der Waals surface area contributed by atoms with Crippen molar-refractivity contribution in [1.82, 2.24) is 29.9 Å². The van der Waals surface area contributed by atoms with E-state index < -0.39 is 13.7 Å². The van der Waals surface area contributed by atoms with Gasteiger partial charge in [0.2, 0.25) is 0 Å². The molecule has 0 aliphatic carbocycles. The number of hydrogen-bond donors (Lipinski definition) is 0. The van der Waals surface area contributed by atoms with Crippen molar-refractivity contribution in [3.05, 3.63) is 128 Å². The van der Waals surface area contributed by atoms with Crippen LogP contribution in [0.2, 0.25) is 0 Å². The zero-order valence-corrected chi connectivity index (χ0v) is 27.4. The zero-order chi connectivity index (χ0) is 30.5. The van der Waals surface area contributed by atoms with Crippen molar-refractivity contribution in [2.75, 3.05) is 0 Å². The summed E-state index contributed by atoms with van der Waals surface area (Å²) >= 11 is 3.66. The Labute approximate surface area is 280 Å². The summed E-state index contributed by atoms with van der Waals surface area (Å²) in [4.78, 5) is 30.5. The van der Waals surface area contributed by atoms with Crippen molar-refractivity contribution in [1.29, 1.82) is 0 Å². The topological polar surface area (TPSA) is 77.3 Å². The van der Waals surface area contributed by atoms with Crippen LogP contribution in [0.25, 0.3) is 62.4 Å². The first kappa shape index (κ1) is 27.6. The first-order valence-electron chi connectivity index (χ1n) is 14.4. The molecule has 9 aromatic rings. The number of fused-ring (bicyclic) bond motifs is 3. The number of aromatic nitrogens is 6. The summed E-state index contributed by atoms with van der Waals surface area (Å²) in [6.07, 6.45) is 5.59. The molecule has 9 rings (SSSR count). The number of nitrogens with zero attached hydrogens (tertiary/aromatic N) is 6. The number of benzene rings is 3. The van der Waals surface area contributed by atoms with Gasteiger partial charge in [-0.1, -0.05) is 0 Å². The van der Waals surface area contributed by atoms with Crippen LogP contribution in [0.5, 0.6) is 0 Å². The summed E-state index contributed by atoms with van der Waals surface area (Å²) in [5, 5.41) is 2.77. The molecule has 3 aromatic carbocycles. The molecule has 0 aliphatic heterocycles. The van der Waals surface area contributed by atoms with Crippen LogP contribution < -0.4 is 13.9 Å². The molecule has 6 aromatic heterocycles. The second-order valence-electron chi connectivity index (χ2n) is 10.2. The van der Waals surface area contributed by atoms with E-state index in [-0.39, 0.29) is 0 Å². The second-order valence-corrected chi connectivity index (χ2v) is 15.5. The SMILES string of the molecule is c1cn[c]([Co]([c]2ncccc2-c2nc3ccccc3s2)[c]2ncccc2-c2nc3ccccc3s2)c(-c2nc3ccccc3s2)c1. The Morgan fingerprint density at radius 3 is 1.02 bits per heavy atom. The average molecular weight is 693 g/mol. The minimum atomic E-state index is -1.37. The fourth-order valence-corrected chi connectivity index (χ4v) is 11.2. The van der Waals surface area contributed by atoms with Gasteiger partial charge in [0.25, 0.3) is 0 Å². The van der Waals surface area contributed by atoms with Gasteiger partial charge < -0.3 is 0 Å². The van der Waals surface area contributed by atoms with Crippen LogP contribution in [0.3, 0.4) is 0 Å². The first-order chi connectivity index (χ1) is 22.8. The quantitative estimate of drug-likeness (QED) is 0.179. The Bertz CT molecular complexity index is 2160. The summed E-state index contributed by atoms with van der Waals surface area (Å²) < 4.78 is 6.11. The molecular formula is C36H21CoN6S3. The van der Waals surface area contributed by atoms with E-state index in [1.54, 1.807) is 34.0 Å². The third-order valence-corrected chi connectivity index (χ3v) is 13.2. The Kier molecular flexibility index (Phi) is 6.94. The molecular weight excluding hydrogens is 672 g/mol. The van der Waals surface area contributed by atoms with Gasteiger partial charge in [-0.2, -0.15) is 0 Å². The van der Waals surface area contributed by atoms with E-state index in [0.29, 0.717) is 0 Å². The number of para-hydroxylation sites is 3. The number of thiazole rings is 3. The summed E-state index contributed by atoms with van der Waals surface area (Å²) in [5.41, 5.74) is 5.87. The zero-order valence-electron chi connectivity index (χ0n) is 23.9. The van der Waals surface area contributed by atoms with Crippen LogP contribution in [0.4, 0.5) is 0 Å². The number of hydrogen-bond acceptors (Lipinski definition) is 9. The minimum absolute atomic E-state index is 0.899. The molecule has 0 unspecified atom stereocenters. The maximum absolute atomic E-state index is 5.11. The van der Waals surface area contributed by atoms with E-state index in [4.69, 9.17) is 29.9 Å².